The maximum atomic E-state index is 14.1. The molecule has 0 radical (unpaired) electrons. The molecule has 4 heterocycles. The van der Waals surface area contributed by atoms with Crippen molar-refractivity contribution in [3.8, 4) is 11.7 Å². The largest absolute Gasteiger partial charge is 0.474 e. The lowest BCUT2D eigenvalue weighted by Crippen LogP contribution is -2.45. The molecule has 0 spiro atoms. The second kappa shape index (κ2) is 12.6. The predicted molar refractivity (Wildman–Crippen MR) is 147 cm³/mol. The number of nitrogens with one attached hydrogen (secondary N) is 2. The molecule has 3 aromatic rings. The first-order valence-corrected chi connectivity index (χ1v) is 14.3. The van der Waals surface area contributed by atoms with Crippen molar-refractivity contribution in [1.29, 1.82) is 0 Å². The second-order valence-corrected chi connectivity index (χ2v) is 10.7. The van der Waals surface area contributed by atoms with Crippen molar-refractivity contribution in [1.82, 2.24) is 30.2 Å². The lowest BCUT2D eigenvalue weighted by molar-refractivity contribution is -0.121. The lowest BCUT2D eigenvalue weighted by Gasteiger charge is -2.30. The van der Waals surface area contributed by atoms with E-state index in [2.05, 4.69) is 25.6 Å². The van der Waals surface area contributed by atoms with Gasteiger partial charge in [0.15, 0.2) is 5.82 Å². The van der Waals surface area contributed by atoms with Crippen LogP contribution in [0.2, 0.25) is 0 Å². The molecule has 1 atom stereocenters. The van der Waals surface area contributed by atoms with Gasteiger partial charge in [-0.15, -0.1) is 0 Å². The molecule has 2 aliphatic heterocycles. The summed E-state index contributed by atoms with van der Waals surface area (Å²) in [7, 11) is 0. The smallest absolute Gasteiger partial charge is 0.296 e. The Morgan fingerprint density at radius 3 is 2.56 bits per heavy atom. The quantitative estimate of drug-likeness (QED) is 0.400. The molecule has 2 N–H and O–H groups in total. The van der Waals surface area contributed by atoms with Crippen LogP contribution in [0, 0.1) is 0 Å². The number of nitrogens with zero attached hydrogens (tertiary/aromatic N) is 5. The number of halogens is 2. The van der Waals surface area contributed by atoms with E-state index in [1.54, 1.807) is 30.3 Å². The van der Waals surface area contributed by atoms with Crippen LogP contribution < -0.4 is 20.3 Å². The lowest BCUT2D eigenvalue weighted by atomic mass is 9.93. The van der Waals surface area contributed by atoms with Crippen LogP contribution in [0.5, 0.6) is 5.88 Å². The molecule has 1 saturated carbocycles. The highest BCUT2D eigenvalue weighted by Crippen LogP contribution is 2.31. The molecule has 220 valence electrons. The molecule has 1 amide bonds. The number of benzene rings is 1. The number of hydrogen-bond donors (Lipinski definition) is 2. The first-order valence-electron chi connectivity index (χ1n) is 14.3. The van der Waals surface area contributed by atoms with Gasteiger partial charge in [0.05, 0.1) is 37.4 Å². The van der Waals surface area contributed by atoms with Crippen LogP contribution in [0.1, 0.15) is 44.4 Å². The Morgan fingerprint density at radius 2 is 1.80 bits per heavy atom. The molecule has 41 heavy (non-hydrogen) atoms. The number of hydrogen-bond acceptors (Lipinski definition) is 9. The Labute approximate surface area is 236 Å². The zero-order chi connectivity index (χ0) is 28.2. The van der Waals surface area contributed by atoms with Gasteiger partial charge in [0.2, 0.25) is 17.7 Å². The minimum atomic E-state index is -2.79. The summed E-state index contributed by atoms with van der Waals surface area (Å²) < 4.78 is 46.8. The third-order valence-electron chi connectivity index (χ3n) is 7.79. The Kier molecular flexibility index (Phi) is 8.54. The fourth-order valence-electron chi connectivity index (χ4n) is 5.62. The van der Waals surface area contributed by atoms with E-state index < -0.39 is 6.43 Å². The monoisotopic (exact) mass is 571 g/mol. The minimum absolute atomic E-state index is 0.0146. The van der Waals surface area contributed by atoms with Gasteiger partial charge in [0.25, 0.3) is 6.43 Å². The van der Waals surface area contributed by atoms with Crippen molar-refractivity contribution >= 4 is 22.9 Å². The van der Waals surface area contributed by atoms with Gasteiger partial charge in [-0.05, 0) is 44.2 Å². The summed E-state index contributed by atoms with van der Waals surface area (Å²) >= 11 is 0. The molecule has 1 aliphatic carbocycles. The van der Waals surface area contributed by atoms with Crippen molar-refractivity contribution in [3.63, 3.8) is 0 Å². The van der Waals surface area contributed by atoms with Gasteiger partial charge in [0, 0.05) is 37.8 Å². The summed E-state index contributed by atoms with van der Waals surface area (Å²) in [6, 6.07) is 8.93. The molecule has 3 aliphatic rings. The highest BCUT2D eigenvalue weighted by molar-refractivity contribution is 5.78. The fraction of sp³-hybridized carbons (Fsp3) is 0.571. The van der Waals surface area contributed by atoms with Crippen LogP contribution in [0.4, 0.5) is 14.7 Å². The van der Waals surface area contributed by atoms with Crippen molar-refractivity contribution in [2.45, 2.75) is 56.7 Å². The number of morpholine rings is 1. The van der Waals surface area contributed by atoms with E-state index in [0.717, 1.165) is 38.7 Å². The maximum Gasteiger partial charge on any atom is 0.296 e. The summed E-state index contributed by atoms with van der Waals surface area (Å²) in [5, 5.41) is 6.36. The zero-order valence-electron chi connectivity index (χ0n) is 22.8. The summed E-state index contributed by atoms with van der Waals surface area (Å²) in [5.41, 5.74) is 0.996. The van der Waals surface area contributed by atoms with E-state index in [1.165, 1.54) is 4.57 Å². The molecule has 0 bridgehead atoms. The number of ether oxygens (including phenoxy) is 3. The van der Waals surface area contributed by atoms with Crippen LogP contribution in [0.15, 0.2) is 30.3 Å². The van der Waals surface area contributed by atoms with E-state index in [4.69, 9.17) is 14.2 Å². The third-order valence-corrected chi connectivity index (χ3v) is 7.79. The molecule has 3 fully saturated rings. The summed E-state index contributed by atoms with van der Waals surface area (Å²) in [4.78, 5) is 27.9. The number of aromatic nitrogens is 4. The van der Waals surface area contributed by atoms with Gasteiger partial charge in [-0.25, -0.2) is 13.8 Å². The highest BCUT2D eigenvalue weighted by atomic mass is 19.3. The zero-order valence-corrected chi connectivity index (χ0v) is 22.8. The van der Waals surface area contributed by atoms with Gasteiger partial charge in [-0.3, -0.25) is 9.36 Å². The Morgan fingerprint density at radius 1 is 1.00 bits per heavy atom. The predicted octanol–water partition coefficient (Wildman–Crippen LogP) is 2.77. The number of alkyl halides is 2. The summed E-state index contributed by atoms with van der Waals surface area (Å²) in [6.07, 6.45) is 1.04. The van der Waals surface area contributed by atoms with E-state index in [-0.39, 0.29) is 42.3 Å². The molecular formula is C28H35F2N7O4. The normalized spacial score (nSPS) is 23.3. The van der Waals surface area contributed by atoms with Gasteiger partial charge in [-0.2, -0.15) is 9.97 Å². The van der Waals surface area contributed by atoms with Crippen molar-refractivity contribution < 1.29 is 27.8 Å². The molecule has 11 nitrogen and oxygen atoms in total. The maximum absolute atomic E-state index is 14.1. The highest BCUT2D eigenvalue weighted by Gasteiger charge is 2.27. The van der Waals surface area contributed by atoms with E-state index in [9.17, 15) is 13.6 Å². The Balaban J connectivity index is 1.17. The Bertz CT molecular complexity index is 1340. The van der Waals surface area contributed by atoms with E-state index >= 15 is 0 Å². The van der Waals surface area contributed by atoms with E-state index in [0.29, 0.717) is 55.8 Å². The molecule has 1 aromatic carbocycles. The van der Waals surface area contributed by atoms with Gasteiger partial charge < -0.3 is 29.7 Å². The van der Waals surface area contributed by atoms with Crippen molar-refractivity contribution in [2.75, 3.05) is 51.0 Å². The molecule has 13 heteroatoms. The van der Waals surface area contributed by atoms with Crippen LogP contribution in [-0.4, -0.2) is 89.7 Å². The number of amides is 1. The van der Waals surface area contributed by atoms with Gasteiger partial charge in [0.1, 0.15) is 11.9 Å². The number of imidazole rings is 1. The Hall–Kier alpha value is -3.42. The number of anilines is 1. The first-order chi connectivity index (χ1) is 20.0. The number of fused-ring (bicyclic) bond motifs is 1. The summed E-state index contributed by atoms with van der Waals surface area (Å²) in [5.74, 6) is 0.612. The average Bonchev–Trinajstić information content (AvgIpc) is 3.66. The molecular weight excluding hydrogens is 536 g/mol. The molecule has 6 rings (SSSR count). The van der Waals surface area contributed by atoms with Gasteiger partial charge in [-0.1, -0.05) is 12.1 Å². The average molecular weight is 572 g/mol. The molecule has 2 aromatic heterocycles. The third kappa shape index (κ3) is 6.57. The van der Waals surface area contributed by atoms with Gasteiger partial charge >= 0.3 is 0 Å². The summed E-state index contributed by atoms with van der Waals surface area (Å²) in [6.45, 7) is 3.89. The van der Waals surface area contributed by atoms with Crippen LogP contribution in [-0.2, 0) is 14.3 Å². The number of carbonyl (C=O) groups excluding carboxylic acids is 1. The minimum Gasteiger partial charge on any atom is -0.474 e. The SMILES string of the molecule is O=C(CNC1CCOC1)NC1CCC(Oc2cc(-n3c(C(F)F)nc4ccccc43)nc(N3CCOCC3)n2)CC1. The second-order valence-electron chi connectivity index (χ2n) is 10.7. The van der Waals surface area contributed by atoms with Crippen molar-refractivity contribution in [2.24, 2.45) is 0 Å². The number of rotatable bonds is 9. The van der Waals surface area contributed by atoms with Crippen LogP contribution in [0.3, 0.4) is 0 Å². The van der Waals surface area contributed by atoms with Crippen LogP contribution in [0.25, 0.3) is 16.9 Å². The number of carbonyl (C=O) groups is 1. The molecule has 2 saturated heterocycles. The standard InChI is InChI=1S/C28H35F2N7O4/c29-26(30)27-33-21-3-1-2-4-22(21)37(27)23-15-25(35-28(34-23)36-10-13-39-14-11-36)41-20-7-5-18(6-8-20)32-24(38)16-31-19-9-12-40-17-19/h1-4,15,18-20,26,31H,5-14,16-17H2,(H,32,38). The first kappa shape index (κ1) is 27.7. The van der Waals surface area contributed by atoms with Crippen LogP contribution >= 0.6 is 0 Å². The fourth-order valence-corrected chi connectivity index (χ4v) is 5.62. The molecule has 1 unspecified atom stereocenters. The van der Waals surface area contributed by atoms with Crippen molar-refractivity contribution in [3.05, 3.63) is 36.2 Å². The topological polar surface area (TPSA) is 116 Å². The number of para-hydroxylation sites is 2. The van der Waals surface area contributed by atoms with E-state index in [1.807, 2.05) is 4.90 Å².